The van der Waals surface area contributed by atoms with E-state index in [1.807, 2.05) is 36.4 Å². The smallest absolute Gasteiger partial charge is 0.246 e. The minimum absolute atomic E-state index is 0.0496. The summed E-state index contributed by atoms with van der Waals surface area (Å²) in [4.78, 5) is 22.4. The molecule has 0 fully saturated rings. The molecule has 0 spiro atoms. The molecule has 0 aliphatic heterocycles. The first-order valence-corrected chi connectivity index (χ1v) is 6.35. The number of hydrogen-bond donors (Lipinski definition) is 2. The maximum atomic E-state index is 11.8. The Morgan fingerprint density at radius 3 is 2.32 bits per heavy atom. The van der Waals surface area contributed by atoms with Crippen LogP contribution >= 0.6 is 0 Å². The number of carbonyl (C=O) groups is 2. The maximum absolute atomic E-state index is 11.8. The summed E-state index contributed by atoms with van der Waals surface area (Å²) < 4.78 is 0. The molecule has 0 aliphatic rings. The molecule has 1 aromatic rings. The van der Waals surface area contributed by atoms with Crippen LogP contribution in [0.1, 0.15) is 25.8 Å². The molecule has 0 atom stereocenters. The Bertz CT molecular complexity index is 452. The second kappa shape index (κ2) is 8.08. The lowest BCUT2D eigenvalue weighted by Crippen LogP contribution is -2.29. The zero-order valence-electron chi connectivity index (χ0n) is 11.4. The Morgan fingerprint density at radius 1 is 1.05 bits per heavy atom. The lowest BCUT2D eigenvalue weighted by molar-refractivity contribution is -0.119. The summed E-state index contributed by atoms with van der Waals surface area (Å²) in [6.07, 6.45) is 2.58. The van der Waals surface area contributed by atoms with Gasteiger partial charge in [-0.2, -0.15) is 0 Å². The van der Waals surface area contributed by atoms with Crippen molar-refractivity contribution in [3.63, 3.8) is 0 Å². The van der Waals surface area contributed by atoms with E-state index in [0.29, 0.717) is 18.7 Å². The number of hydrogen-bond acceptors (Lipinski definition) is 2. The molecule has 0 aromatic heterocycles. The maximum Gasteiger partial charge on any atom is 0.246 e. The van der Waals surface area contributed by atoms with Crippen molar-refractivity contribution < 1.29 is 9.59 Å². The van der Waals surface area contributed by atoms with Gasteiger partial charge < -0.3 is 10.6 Å². The molecule has 4 nitrogen and oxygen atoms in total. The average molecular weight is 260 g/mol. The zero-order valence-corrected chi connectivity index (χ0v) is 11.4. The molecular formula is C15H20N2O2. The third-order valence-corrected chi connectivity index (χ3v) is 2.55. The van der Waals surface area contributed by atoms with Gasteiger partial charge in [-0.25, -0.2) is 0 Å². The van der Waals surface area contributed by atoms with Gasteiger partial charge in [-0.05, 0) is 25.0 Å². The quantitative estimate of drug-likeness (QED) is 0.604. The van der Waals surface area contributed by atoms with E-state index < -0.39 is 0 Å². The summed E-state index contributed by atoms with van der Waals surface area (Å²) in [5.74, 6) is -0.127. The van der Waals surface area contributed by atoms with Crippen LogP contribution in [0.25, 0.3) is 6.08 Å². The summed E-state index contributed by atoms with van der Waals surface area (Å²) in [5.41, 5.74) is 1.68. The Kier molecular flexibility index (Phi) is 6.36. The molecule has 19 heavy (non-hydrogen) atoms. The van der Waals surface area contributed by atoms with E-state index in [0.717, 1.165) is 12.0 Å². The van der Waals surface area contributed by atoms with Crippen LogP contribution in [0.2, 0.25) is 0 Å². The van der Waals surface area contributed by atoms with Crippen LogP contribution in [0.3, 0.4) is 0 Å². The number of rotatable bonds is 6. The summed E-state index contributed by atoms with van der Waals surface area (Å²) in [6, 6.07) is 9.71. The molecule has 0 heterocycles. The lowest BCUT2D eigenvalue weighted by atomic mass is 10.1. The molecule has 0 saturated heterocycles. The Hall–Kier alpha value is -2.10. The van der Waals surface area contributed by atoms with Crippen molar-refractivity contribution in [2.75, 3.05) is 13.1 Å². The van der Waals surface area contributed by atoms with Crippen LogP contribution in [-0.2, 0) is 9.59 Å². The third kappa shape index (κ3) is 6.41. The van der Waals surface area contributed by atoms with E-state index in [4.69, 9.17) is 0 Å². The fraction of sp³-hybridized carbons (Fsp3) is 0.333. The molecule has 102 valence electrons. The number of nitrogens with one attached hydrogen (secondary N) is 2. The van der Waals surface area contributed by atoms with Gasteiger partial charge in [-0.15, -0.1) is 0 Å². The minimum atomic E-state index is -0.0771. The highest BCUT2D eigenvalue weighted by atomic mass is 16.2. The number of benzene rings is 1. The zero-order chi connectivity index (χ0) is 14.1. The van der Waals surface area contributed by atoms with Crippen molar-refractivity contribution in [1.82, 2.24) is 10.6 Å². The van der Waals surface area contributed by atoms with E-state index in [-0.39, 0.29) is 11.8 Å². The second-order valence-corrected chi connectivity index (χ2v) is 4.33. The monoisotopic (exact) mass is 260 g/mol. The van der Waals surface area contributed by atoms with Crippen molar-refractivity contribution in [2.24, 2.45) is 0 Å². The van der Waals surface area contributed by atoms with Crippen LogP contribution in [0, 0.1) is 0 Å². The topological polar surface area (TPSA) is 58.2 Å². The summed E-state index contributed by atoms with van der Waals surface area (Å²) in [7, 11) is 0. The van der Waals surface area contributed by atoms with Crippen LogP contribution in [0.5, 0.6) is 0 Å². The van der Waals surface area contributed by atoms with E-state index in [1.165, 1.54) is 6.92 Å². The third-order valence-electron chi connectivity index (χ3n) is 2.55. The summed E-state index contributed by atoms with van der Waals surface area (Å²) in [5, 5.41) is 5.50. The minimum Gasteiger partial charge on any atom is -0.356 e. The van der Waals surface area contributed by atoms with Gasteiger partial charge >= 0.3 is 0 Å². The van der Waals surface area contributed by atoms with Crippen LogP contribution < -0.4 is 10.6 Å². The highest BCUT2D eigenvalue weighted by molar-refractivity contribution is 5.97. The van der Waals surface area contributed by atoms with Crippen molar-refractivity contribution >= 4 is 17.9 Å². The van der Waals surface area contributed by atoms with Gasteiger partial charge in [0.15, 0.2) is 0 Å². The predicted molar refractivity (Wildman–Crippen MR) is 76.4 cm³/mol. The van der Waals surface area contributed by atoms with Crippen molar-refractivity contribution in [2.45, 2.75) is 20.3 Å². The molecule has 0 aliphatic carbocycles. The van der Waals surface area contributed by atoms with Gasteiger partial charge in [0.2, 0.25) is 11.8 Å². The SMILES string of the molecule is CC(=O)NCCCNC(=O)/C(C)=C/c1ccccc1. The Morgan fingerprint density at radius 2 is 1.68 bits per heavy atom. The van der Waals surface area contributed by atoms with E-state index in [2.05, 4.69) is 10.6 Å². The van der Waals surface area contributed by atoms with Gasteiger partial charge in [-0.3, -0.25) is 9.59 Å². The number of carbonyl (C=O) groups excluding carboxylic acids is 2. The predicted octanol–water partition coefficient (Wildman–Crippen LogP) is 1.73. The first-order chi connectivity index (χ1) is 9.09. The highest BCUT2D eigenvalue weighted by Crippen LogP contribution is 2.05. The normalized spacial score (nSPS) is 10.9. The lowest BCUT2D eigenvalue weighted by Gasteiger charge is -2.06. The van der Waals surface area contributed by atoms with E-state index in [9.17, 15) is 9.59 Å². The van der Waals surface area contributed by atoms with Gasteiger partial charge in [0, 0.05) is 25.6 Å². The first-order valence-electron chi connectivity index (χ1n) is 6.35. The van der Waals surface area contributed by atoms with Crippen LogP contribution in [0.4, 0.5) is 0 Å². The van der Waals surface area contributed by atoms with Crippen LogP contribution in [-0.4, -0.2) is 24.9 Å². The number of amides is 2. The van der Waals surface area contributed by atoms with Crippen molar-refractivity contribution in [3.05, 3.63) is 41.5 Å². The van der Waals surface area contributed by atoms with Gasteiger partial charge in [0.1, 0.15) is 0 Å². The summed E-state index contributed by atoms with van der Waals surface area (Å²) >= 11 is 0. The Balaban J connectivity index is 2.33. The first kappa shape index (κ1) is 15.0. The molecule has 0 unspecified atom stereocenters. The fourth-order valence-corrected chi connectivity index (χ4v) is 1.56. The highest BCUT2D eigenvalue weighted by Gasteiger charge is 2.03. The molecule has 4 heteroatoms. The average Bonchev–Trinajstić information content (AvgIpc) is 2.38. The van der Waals surface area contributed by atoms with Crippen molar-refractivity contribution in [3.8, 4) is 0 Å². The molecule has 0 bridgehead atoms. The van der Waals surface area contributed by atoms with Crippen LogP contribution in [0.15, 0.2) is 35.9 Å². The van der Waals surface area contributed by atoms with Crippen molar-refractivity contribution in [1.29, 1.82) is 0 Å². The van der Waals surface area contributed by atoms with Gasteiger partial charge in [0.05, 0.1) is 0 Å². The molecule has 0 saturated carbocycles. The largest absolute Gasteiger partial charge is 0.356 e. The van der Waals surface area contributed by atoms with E-state index >= 15 is 0 Å². The second-order valence-electron chi connectivity index (χ2n) is 4.33. The van der Waals surface area contributed by atoms with Gasteiger partial charge in [-0.1, -0.05) is 30.3 Å². The Labute approximate surface area is 113 Å². The molecule has 1 rings (SSSR count). The molecule has 2 N–H and O–H groups in total. The fourth-order valence-electron chi connectivity index (χ4n) is 1.56. The van der Waals surface area contributed by atoms with E-state index in [1.54, 1.807) is 6.92 Å². The molecule has 1 aromatic carbocycles. The molecular weight excluding hydrogens is 240 g/mol. The summed E-state index contributed by atoms with van der Waals surface area (Å²) in [6.45, 7) is 4.40. The molecule has 2 amide bonds. The molecule has 0 radical (unpaired) electrons. The van der Waals surface area contributed by atoms with Gasteiger partial charge in [0.25, 0.3) is 0 Å². The standard InChI is InChI=1S/C15H20N2O2/c1-12(11-14-7-4-3-5-8-14)15(19)17-10-6-9-16-13(2)18/h3-5,7-8,11H,6,9-10H2,1-2H3,(H,16,18)(H,17,19)/b12-11+.